The van der Waals surface area contributed by atoms with E-state index in [-0.39, 0.29) is 11.4 Å². The lowest BCUT2D eigenvalue weighted by Gasteiger charge is -2.22. The fraction of sp³-hybridized carbons (Fsp3) is 0.455. The summed E-state index contributed by atoms with van der Waals surface area (Å²) in [6.07, 6.45) is 2.04. The molecule has 152 valence electrons. The molecule has 0 aliphatic carbocycles. The molecule has 0 bridgehead atoms. The molecule has 1 aromatic heterocycles. The SMILES string of the molecule is CCNC(=NCc1cccc(C(=O)NC(C)(C)C)c1)N(C)Cc1cccn1C. The maximum atomic E-state index is 12.4. The molecule has 0 aliphatic heterocycles. The number of rotatable bonds is 6. The van der Waals surface area contributed by atoms with Gasteiger partial charge in [-0.15, -0.1) is 0 Å². The second-order valence-electron chi connectivity index (χ2n) is 8.04. The minimum atomic E-state index is -0.261. The van der Waals surface area contributed by atoms with Crippen molar-refractivity contribution in [2.45, 2.75) is 46.3 Å². The molecule has 28 heavy (non-hydrogen) atoms. The van der Waals surface area contributed by atoms with Crippen molar-refractivity contribution < 1.29 is 4.79 Å². The largest absolute Gasteiger partial charge is 0.357 e. The van der Waals surface area contributed by atoms with E-state index in [2.05, 4.69) is 33.1 Å². The topological polar surface area (TPSA) is 61.7 Å². The zero-order valence-electron chi connectivity index (χ0n) is 17.9. The van der Waals surface area contributed by atoms with Gasteiger partial charge in [0.15, 0.2) is 5.96 Å². The summed E-state index contributed by atoms with van der Waals surface area (Å²) in [7, 11) is 4.07. The zero-order valence-corrected chi connectivity index (χ0v) is 17.9. The summed E-state index contributed by atoms with van der Waals surface area (Å²) in [6, 6.07) is 11.8. The first kappa shape index (κ1) is 21.5. The van der Waals surface area contributed by atoms with Gasteiger partial charge in [0.2, 0.25) is 0 Å². The van der Waals surface area contributed by atoms with Crippen LogP contribution >= 0.6 is 0 Å². The molecule has 0 aliphatic rings. The highest BCUT2D eigenvalue weighted by Gasteiger charge is 2.15. The first-order chi connectivity index (χ1) is 13.2. The maximum Gasteiger partial charge on any atom is 0.251 e. The lowest BCUT2D eigenvalue weighted by Crippen LogP contribution is -2.40. The smallest absolute Gasteiger partial charge is 0.251 e. The van der Waals surface area contributed by atoms with Gasteiger partial charge in [0.25, 0.3) is 5.91 Å². The molecule has 2 aromatic rings. The van der Waals surface area contributed by atoms with Crippen molar-refractivity contribution in [2.24, 2.45) is 12.0 Å². The Bertz CT molecular complexity index is 816. The van der Waals surface area contributed by atoms with Crippen molar-refractivity contribution >= 4 is 11.9 Å². The molecule has 0 atom stereocenters. The van der Waals surface area contributed by atoms with Gasteiger partial charge in [0.1, 0.15) is 0 Å². The summed E-state index contributed by atoms with van der Waals surface area (Å²) < 4.78 is 2.11. The quantitative estimate of drug-likeness (QED) is 0.595. The summed E-state index contributed by atoms with van der Waals surface area (Å²) in [5.41, 5.74) is 2.62. The summed E-state index contributed by atoms with van der Waals surface area (Å²) >= 11 is 0. The van der Waals surface area contributed by atoms with Gasteiger partial charge in [0.05, 0.1) is 13.1 Å². The Kier molecular flexibility index (Phi) is 7.26. The normalized spacial score (nSPS) is 12.0. The van der Waals surface area contributed by atoms with Crippen molar-refractivity contribution in [3.8, 4) is 0 Å². The number of nitrogens with one attached hydrogen (secondary N) is 2. The average Bonchev–Trinajstić information content (AvgIpc) is 3.02. The Morgan fingerprint density at radius 3 is 2.57 bits per heavy atom. The third-order valence-corrected chi connectivity index (χ3v) is 4.24. The van der Waals surface area contributed by atoms with Crippen LogP contribution < -0.4 is 10.6 Å². The Hall–Kier alpha value is -2.76. The molecule has 1 aromatic carbocycles. The minimum Gasteiger partial charge on any atom is -0.357 e. The Balaban J connectivity index is 2.11. The van der Waals surface area contributed by atoms with Crippen molar-refractivity contribution in [2.75, 3.05) is 13.6 Å². The van der Waals surface area contributed by atoms with Crippen LogP contribution in [0.25, 0.3) is 0 Å². The van der Waals surface area contributed by atoms with Gasteiger partial charge < -0.3 is 20.1 Å². The zero-order chi connectivity index (χ0) is 20.7. The van der Waals surface area contributed by atoms with Crippen molar-refractivity contribution in [3.05, 3.63) is 59.4 Å². The van der Waals surface area contributed by atoms with Gasteiger partial charge in [0, 0.05) is 43.6 Å². The number of nitrogens with zero attached hydrogens (tertiary/aromatic N) is 3. The number of aryl methyl sites for hydroxylation is 1. The van der Waals surface area contributed by atoms with Crippen LogP contribution in [0.15, 0.2) is 47.6 Å². The molecule has 6 heteroatoms. The predicted octanol–water partition coefficient (Wildman–Crippen LogP) is 3.15. The van der Waals surface area contributed by atoms with Gasteiger partial charge in [-0.2, -0.15) is 0 Å². The number of hydrogen-bond acceptors (Lipinski definition) is 2. The van der Waals surface area contributed by atoms with Crippen LogP contribution in [0.4, 0.5) is 0 Å². The number of aromatic nitrogens is 1. The number of carbonyl (C=O) groups excluding carboxylic acids is 1. The molecular formula is C22H33N5O. The summed E-state index contributed by atoms with van der Waals surface area (Å²) in [6.45, 7) is 10.1. The number of carbonyl (C=O) groups is 1. The van der Waals surface area contributed by atoms with E-state index in [1.54, 1.807) is 0 Å². The first-order valence-electron chi connectivity index (χ1n) is 9.70. The Morgan fingerprint density at radius 1 is 1.21 bits per heavy atom. The van der Waals surface area contributed by atoms with E-state index in [1.165, 1.54) is 5.69 Å². The van der Waals surface area contributed by atoms with E-state index in [0.717, 1.165) is 24.6 Å². The second kappa shape index (κ2) is 9.44. The van der Waals surface area contributed by atoms with Crippen LogP contribution in [0.1, 0.15) is 49.3 Å². The molecule has 0 saturated carbocycles. The Morgan fingerprint density at radius 2 is 1.96 bits per heavy atom. The van der Waals surface area contributed by atoms with Gasteiger partial charge in [-0.1, -0.05) is 12.1 Å². The molecule has 2 N–H and O–H groups in total. The van der Waals surface area contributed by atoms with E-state index in [4.69, 9.17) is 4.99 Å². The average molecular weight is 384 g/mol. The van der Waals surface area contributed by atoms with Crippen LogP contribution in [-0.4, -0.2) is 40.5 Å². The molecule has 0 fully saturated rings. The summed E-state index contributed by atoms with van der Waals surface area (Å²) in [4.78, 5) is 19.3. The van der Waals surface area contributed by atoms with E-state index < -0.39 is 0 Å². The molecule has 6 nitrogen and oxygen atoms in total. The predicted molar refractivity (Wildman–Crippen MR) is 115 cm³/mol. The number of guanidine groups is 1. The molecule has 0 saturated heterocycles. The monoisotopic (exact) mass is 383 g/mol. The highest BCUT2D eigenvalue weighted by atomic mass is 16.1. The van der Waals surface area contributed by atoms with Crippen LogP contribution in [-0.2, 0) is 20.1 Å². The van der Waals surface area contributed by atoms with Gasteiger partial charge in [-0.25, -0.2) is 4.99 Å². The van der Waals surface area contributed by atoms with Crippen molar-refractivity contribution in [1.29, 1.82) is 0 Å². The molecule has 1 amide bonds. The highest BCUT2D eigenvalue weighted by molar-refractivity contribution is 5.94. The summed E-state index contributed by atoms with van der Waals surface area (Å²) in [5, 5.41) is 6.34. The Labute approximate surface area is 168 Å². The van der Waals surface area contributed by atoms with Crippen LogP contribution in [0.2, 0.25) is 0 Å². The van der Waals surface area contributed by atoms with Crippen LogP contribution in [0.3, 0.4) is 0 Å². The number of aliphatic imine (C=N–C) groups is 1. The fourth-order valence-electron chi connectivity index (χ4n) is 2.84. The highest BCUT2D eigenvalue weighted by Crippen LogP contribution is 2.10. The van der Waals surface area contributed by atoms with E-state index >= 15 is 0 Å². The van der Waals surface area contributed by atoms with Crippen LogP contribution in [0, 0.1) is 0 Å². The third kappa shape index (κ3) is 6.44. The number of benzene rings is 1. The number of amides is 1. The van der Waals surface area contributed by atoms with Gasteiger partial charge >= 0.3 is 0 Å². The van der Waals surface area contributed by atoms with E-state index in [0.29, 0.717) is 12.1 Å². The molecular weight excluding hydrogens is 350 g/mol. The van der Waals surface area contributed by atoms with Crippen molar-refractivity contribution in [3.63, 3.8) is 0 Å². The molecule has 0 unspecified atom stereocenters. The maximum absolute atomic E-state index is 12.4. The lowest BCUT2D eigenvalue weighted by atomic mass is 10.1. The van der Waals surface area contributed by atoms with Gasteiger partial charge in [-0.3, -0.25) is 4.79 Å². The fourth-order valence-corrected chi connectivity index (χ4v) is 2.84. The van der Waals surface area contributed by atoms with E-state index in [1.807, 2.05) is 71.4 Å². The van der Waals surface area contributed by atoms with Crippen molar-refractivity contribution in [1.82, 2.24) is 20.1 Å². The van der Waals surface area contributed by atoms with Gasteiger partial charge in [-0.05, 0) is 57.5 Å². The summed E-state index contributed by atoms with van der Waals surface area (Å²) in [5.74, 6) is 0.777. The standard InChI is InChI=1S/C22H33N5O/c1-7-23-21(27(6)16-19-12-9-13-26(19)5)24-15-17-10-8-11-18(14-17)20(28)25-22(2,3)4/h8-14H,7,15-16H2,1-6H3,(H,23,24)(H,25,28). The third-order valence-electron chi connectivity index (χ3n) is 4.24. The lowest BCUT2D eigenvalue weighted by molar-refractivity contribution is 0.0919. The first-order valence-corrected chi connectivity index (χ1v) is 9.70. The minimum absolute atomic E-state index is 0.0638. The molecule has 1 heterocycles. The number of hydrogen-bond donors (Lipinski definition) is 2. The molecule has 0 radical (unpaired) electrons. The molecule has 0 spiro atoms. The molecule has 2 rings (SSSR count). The second-order valence-corrected chi connectivity index (χ2v) is 8.04. The van der Waals surface area contributed by atoms with Crippen LogP contribution in [0.5, 0.6) is 0 Å². The van der Waals surface area contributed by atoms with E-state index in [9.17, 15) is 4.79 Å².